The second-order valence-electron chi connectivity index (χ2n) is 6.04. The maximum Gasteiger partial charge on any atom is 0.220 e. The molecule has 8 heteroatoms. The van der Waals surface area contributed by atoms with Crippen LogP contribution in [-0.2, 0) is 11.2 Å². The molecule has 7 nitrogen and oxygen atoms in total. The van der Waals surface area contributed by atoms with Gasteiger partial charge in [-0.3, -0.25) is 9.78 Å². The van der Waals surface area contributed by atoms with E-state index in [-0.39, 0.29) is 11.9 Å². The van der Waals surface area contributed by atoms with Crippen LogP contribution in [0.1, 0.15) is 24.2 Å². The van der Waals surface area contributed by atoms with E-state index in [0.29, 0.717) is 32.4 Å². The zero-order chi connectivity index (χ0) is 16.9. The first-order valence-electron chi connectivity index (χ1n) is 8.02. The van der Waals surface area contributed by atoms with E-state index in [1.807, 2.05) is 24.0 Å². The standard InChI is InChI=1S/C16H21N5O2S/c1-11-18-16(24-20-11)21-9-13(7-14(22)10-21)19-15(23)5-4-12-3-2-6-17-8-12/h2-3,6,8,13-14,22H,4-5,7,9-10H2,1H3,(H,19,23)/t13-,14+/m0/s1. The maximum atomic E-state index is 12.2. The summed E-state index contributed by atoms with van der Waals surface area (Å²) in [7, 11) is 0. The van der Waals surface area contributed by atoms with Gasteiger partial charge >= 0.3 is 0 Å². The third-order valence-electron chi connectivity index (χ3n) is 3.94. The first-order chi connectivity index (χ1) is 11.6. The zero-order valence-corrected chi connectivity index (χ0v) is 14.4. The molecule has 1 aliphatic heterocycles. The minimum atomic E-state index is -0.480. The molecule has 2 aromatic heterocycles. The highest BCUT2D eigenvalue weighted by Gasteiger charge is 2.28. The number of anilines is 1. The highest BCUT2D eigenvalue weighted by molar-refractivity contribution is 7.09. The first kappa shape index (κ1) is 16.8. The number of aliphatic hydroxyl groups excluding tert-OH is 1. The Hall–Kier alpha value is -2.06. The topological polar surface area (TPSA) is 91.2 Å². The Bertz CT molecular complexity index is 678. The summed E-state index contributed by atoms with van der Waals surface area (Å²) in [6.45, 7) is 3.01. The van der Waals surface area contributed by atoms with Gasteiger partial charge in [-0.25, -0.2) is 4.98 Å². The Morgan fingerprint density at radius 1 is 1.50 bits per heavy atom. The molecule has 1 aliphatic rings. The number of carbonyl (C=O) groups excluding carboxylic acids is 1. The normalized spacial score (nSPS) is 20.8. The number of rotatable bonds is 5. The second-order valence-corrected chi connectivity index (χ2v) is 6.77. The van der Waals surface area contributed by atoms with Crippen molar-refractivity contribution in [2.24, 2.45) is 0 Å². The molecule has 2 atom stereocenters. The molecule has 1 fully saturated rings. The van der Waals surface area contributed by atoms with Crippen LogP contribution in [0, 0.1) is 6.92 Å². The molecule has 0 spiro atoms. The number of nitrogens with one attached hydrogen (secondary N) is 1. The maximum absolute atomic E-state index is 12.2. The number of pyridine rings is 1. The zero-order valence-electron chi connectivity index (χ0n) is 13.6. The van der Waals surface area contributed by atoms with E-state index in [0.717, 1.165) is 16.5 Å². The van der Waals surface area contributed by atoms with Gasteiger partial charge in [0.05, 0.1) is 6.10 Å². The minimum absolute atomic E-state index is 0.00801. The predicted molar refractivity (Wildman–Crippen MR) is 92.0 cm³/mol. The molecule has 0 aromatic carbocycles. The van der Waals surface area contributed by atoms with Gasteiger partial charge in [-0.2, -0.15) is 4.37 Å². The van der Waals surface area contributed by atoms with Gasteiger partial charge in [-0.15, -0.1) is 0 Å². The fourth-order valence-electron chi connectivity index (χ4n) is 2.85. The number of piperidine rings is 1. The largest absolute Gasteiger partial charge is 0.391 e. The fourth-order valence-corrected chi connectivity index (χ4v) is 3.54. The molecule has 2 N–H and O–H groups in total. The van der Waals surface area contributed by atoms with Gasteiger partial charge in [0.2, 0.25) is 11.0 Å². The van der Waals surface area contributed by atoms with Crippen LogP contribution in [0.4, 0.5) is 5.13 Å². The molecule has 0 saturated carbocycles. The molecule has 24 heavy (non-hydrogen) atoms. The van der Waals surface area contributed by atoms with Gasteiger partial charge in [0.25, 0.3) is 0 Å². The SMILES string of the molecule is Cc1nsc(N2C[C@H](O)C[C@H](NC(=O)CCc3cccnc3)C2)n1. The van der Waals surface area contributed by atoms with Gasteiger partial charge in [0.15, 0.2) is 0 Å². The van der Waals surface area contributed by atoms with E-state index in [4.69, 9.17) is 0 Å². The van der Waals surface area contributed by atoms with E-state index >= 15 is 0 Å². The molecule has 2 aromatic rings. The molecule has 0 radical (unpaired) electrons. The third-order valence-corrected chi connectivity index (χ3v) is 4.81. The van der Waals surface area contributed by atoms with Crippen LogP contribution in [0.2, 0.25) is 0 Å². The average molecular weight is 347 g/mol. The van der Waals surface area contributed by atoms with Crippen LogP contribution in [-0.4, -0.2) is 50.6 Å². The summed E-state index contributed by atoms with van der Waals surface area (Å²) in [6.07, 6.45) is 4.65. The van der Waals surface area contributed by atoms with Gasteiger partial charge in [-0.1, -0.05) is 6.07 Å². The van der Waals surface area contributed by atoms with Crippen molar-refractivity contribution in [2.45, 2.75) is 38.3 Å². The number of hydrogen-bond acceptors (Lipinski definition) is 7. The van der Waals surface area contributed by atoms with E-state index < -0.39 is 6.10 Å². The van der Waals surface area contributed by atoms with Crippen LogP contribution in [0.5, 0.6) is 0 Å². The molecule has 128 valence electrons. The van der Waals surface area contributed by atoms with Gasteiger partial charge in [-0.05, 0) is 31.4 Å². The number of carbonyl (C=O) groups is 1. The summed E-state index contributed by atoms with van der Waals surface area (Å²) < 4.78 is 4.18. The Kier molecular flexibility index (Phi) is 5.37. The lowest BCUT2D eigenvalue weighted by Gasteiger charge is -2.35. The molecule has 3 rings (SSSR count). The number of aromatic nitrogens is 3. The lowest BCUT2D eigenvalue weighted by molar-refractivity contribution is -0.122. The van der Waals surface area contributed by atoms with Crippen molar-refractivity contribution in [3.05, 3.63) is 35.9 Å². The summed E-state index contributed by atoms with van der Waals surface area (Å²) in [5, 5.41) is 13.9. The van der Waals surface area contributed by atoms with Crippen LogP contribution < -0.4 is 10.2 Å². The fraction of sp³-hybridized carbons (Fsp3) is 0.500. The number of β-amino-alcohol motifs (C(OH)–C–C–N with tert-alkyl or cyclic N) is 1. The smallest absolute Gasteiger partial charge is 0.220 e. The van der Waals surface area contributed by atoms with Crippen LogP contribution in [0.15, 0.2) is 24.5 Å². The minimum Gasteiger partial charge on any atom is -0.391 e. The number of hydrogen-bond donors (Lipinski definition) is 2. The highest BCUT2D eigenvalue weighted by Crippen LogP contribution is 2.22. The lowest BCUT2D eigenvalue weighted by Crippen LogP contribution is -2.52. The molecule has 0 aliphatic carbocycles. The quantitative estimate of drug-likeness (QED) is 0.836. The third kappa shape index (κ3) is 4.48. The van der Waals surface area contributed by atoms with Crippen LogP contribution >= 0.6 is 11.5 Å². The highest BCUT2D eigenvalue weighted by atomic mass is 32.1. The Morgan fingerprint density at radius 2 is 2.38 bits per heavy atom. The molecular weight excluding hydrogens is 326 g/mol. The molecule has 1 amide bonds. The Balaban J connectivity index is 1.53. The van der Waals surface area contributed by atoms with Crippen molar-refractivity contribution in [1.82, 2.24) is 19.7 Å². The van der Waals surface area contributed by atoms with E-state index in [1.54, 1.807) is 12.4 Å². The van der Waals surface area contributed by atoms with Gasteiger partial charge in [0, 0.05) is 49.5 Å². The lowest BCUT2D eigenvalue weighted by atomic mass is 10.0. The van der Waals surface area contributed by atoms with Gasteiger partial charge < -0.3 is 15.3 Å². The summed E-state index contributed by atoms with van der Waals surface area (Å²) in [6, 6.07) is 3.75. The van der Waals surface area contributed by atoms with Crippen LogP contribution in [0.25, 0.3) is 0 Å². The molecule has 3 heterocycles. The van der Waals surface area contributed by atoms with Crippen molar-refractivity contribution >= 4 is 22.6 Å². The second kappa shape index (κ2) is 7.67. The van der Waals surface area contributed by atoms with E-state index in [1.165, 1.54) is 11.5 Å². The molecule has 0 bridgehead atoms. The van der Waals surface area contributed by atoms with Crippen LogP contribution in [0.3, 0.4) is 0 Å². The van der Waals surface area contributed by atoms with Crippen molar-refractivity contribution in [3.63, 3.8) is 0 Å². The Labute approximate surface area is 144 Å². The van der Waals surface area contributed by atoms with Crippen molar-refractivity contribution in [3.8, 4) is 0 Å². The van der Waals surface area contributed by atoms with Crippen molar-refractivity contribution in [2.75, 3.05) is 18.0 Å². The first-order valence-corrected chi connectivity index (χ1v) is 8.79. The predicted octanol–water partition coefficient (Wildman–Crippen LogP) is 0.930. The summed E-state index contributed by atoms with van der Waals surface area (Å²) in [5.41, 5.74) is 1.04. The molecule has 0 unspecified atom stereocenters. The van der Waals surface area contributed by atoms with E-state index in [9.17, 15) is 9.90 Å². The number of aliphatic hydroxyl groups is 1. The summed E-state index contributed by atoms with van der Waals surface area (Å²) >= 11 is 1.32. The molecule has 1 saturated heterocycles. The summed E-state index contributed by atoms with van der Waals surface area (Å²) in [4.78, 5) is 22.6. The van der Waals surface area contributed by atoms with Gasteiger partial charge in [0.1, 0.15) is 5.82 Å². The summed E-state index contributed by atoms with van der Waals surface area (Å²) in [5.74, 6) is 0.721. The van der Waals surface area contributed by atoms with E-state index in [2.05, 4.69) is 19.7 Å². The molecular formula is C16H21N5O2S. The number of nitrogens with zero attached hydrogens (tertiary/aromatic N) is 4. The average Bonchev–Trinajstić information content (AvgIpc) is 3.00. The number of aryl methyl sites for hydroxylation is 2. The monoisotopic (exact) mass is 347 g/mol. The Morgan fingerprint density at radius 3 is 3.08 bits per heavy atom. The van der Waals surface area contributed by atoms with Crippen molar-refractivity contribution in [1.29, 1.82) is 0 Å². The number of amides is 1. The van der Waals surface area contributed by atoms with Crippen molar-refractivity contribution < 1.29 is 9.90 Å².